The van der Waals surface area contributed by atoms with Crippen molar-refractivity contribution in [1.29, 1.82) is 0 Å². The Balaban J connectivity index is 1.14. The molecule has 8 heteroatoms. The molecule has 2 aromatic rings. The van der Waals surface area contributed by atoms with Crippen molar-refractivity contribution in [3.63, 3.8) is 0 Å². The van der Waals surface area contributed by atoms with Gasteiger partial charge in [0.25, 0.3) is 5.91 Å². The van der Waals surface area contributed by atoms with E-state index in [9.17, 15) is 4.79 Å². The van der Waals surface area contributed by atoms with Gasteiger partial charge in [-0.15, -0.1) is 0 Å². The molecule has 0 unspecified atom stereocenters. The van der Waals surface area contributed by atoms with Crippen molar-refractivity contribution in [2.75, 3.05) is 46.1 Å². The summed E-state index contributed by atoms with van der Waals surface area (Å²) < 4.78 is 10.9. The zero-order chi connectivity index (χ0) is 20.5. The minimum Gasteiger partial charge on any atom is -0.454 e. The molecule has 0 bridgehead atoms. The molecule has 1 atom stereocenters. The van der Waals surface area contributed by atoms with Crippen molar-refractivity contribution in [2.24, 2.45) is 0 Å². The third-order valence-electron chi connectivity index (χ3n) is 6.38. The largest absolute Gasteiger partial charge is 0.454 e. The minimum absolute atomic E-state index is 0.0468. The number of carbonyl (C=O) groups is 1. The van der Waals surface area contributed by atoms with Crippen molar-refractivity contribution < 1.29 is 14.3 Å². The highest BCUT2D eigenvalue weighted by Crippen LogP contribution is 2.33. The normalized spacial score (nSPS) is 22.4. The van der Waals surface area contributed by atoms with Crippen LogP contribution in [0.25, 0.3) is 0 Å². The Bertz CT molecular complexity index is 906. The predicted molar refractivity (Wildman–Crippen MR) is 112 cm³/mol. The predicted octanol–water partition coefficient (Wildman–Crippen LogP) is 1.87. The number of piperidine rings is 1. The van der Waals surface area contributed by atoms with E-state index in [1.165, 1.54) is 5.56 Å². The Hall–Kier alpha value is -2.58. The zero-order valence-corrected chi connectivity index (χ0v) is 17.5. The van der Waals surface area contributed by atoms with Crippen LogP contribution in [0.2, 0.25) is 0 Å². The fourth-order valence-corrected chi connectivity index (χ4v) is 4.71. The lowest BCUT2D eigenvalue weighted by Gasteiger charge is -2.43. The number of hydrogen-bond donors (Lipinski definition) is 1. The molecule has 0 saturated carbocycles. The third-order valence-corrected chi connectivity index (χ3v) is 6.38. The number of nitrogens with one attached hydrogen (secondary N) is 1. The van der Waals surface area contributed by atoms with Gasteiger partial charge in [-0.2, -0.15) is 5.10 Å². The molecule has 3 aliphatic heterocycles. The zero-order valence-electron chi connectivity index (χ0n) is 17.5. The monoisotopic (exact) mass is 411 g/mol. The molecule has 2 fully saturated rings. The maximum atomic E-state index is 12.8. The lowest BCUT2D eigenvalue weighted by Crippen LogP contribution is -2.55. The summed E-state index contributed by atoms with van der Waals surface area (Å²) in [5.74, 6) is 1.74. The molecule has 1 N–H and O–H groups in total. The number of fused-ring (bicyclic) bond motifs is 1. The van der Waals surface area contributed by atoms with Gasteiger partial charge in [0.1, 0.15) is 5.69 Å². The van der Waals surface area contributed by atoms with Crippen LogP contribution in [-0.4, -0.2) is 82.9 Å². The van der Waals surface area contributed by atoms with Gasteiger partial charge in [0.05, 0.1) is 0 Å². The summed E-state index contributed by atoms with van der Waals surface area (Å²) in [6.07, 6.45) is 2.21. The lowest BCUT2D eigenvalue weighted by atomic mass is 10.0. The van der Waals surface area contributed by atoms with Gasteiger partial charge in [-0.05, 0) is 43.5 Å². The Labute approximate surface area is 176 Å². The van der Waals surface area contributed by atoms with Crippen LogP contribution in [0.3, 0.4) is 0 Å². The Morgan fingerprint density at radius 3 is 2.77 bits per heavy atom. The van der Waals surface area contributed by atoms with Gasteiger partial charge in [-0.3, -0.25) is 19.7 Å². The summed E-state index contributed by atoms with van der Waals surface area (Å²) in [6, 6.07) is 8.50. The highest BCUT2D eigenvalue weighted by molar-refractivity contribution is 5.92. The van der Waals surface area contributed by atoms with Crippen molar-refractivity contribution in [2.45, 2.75) is 32.4 Å². The second kappa shape index (κ2) is 8.28. The molecule has 30 heavy (non-hydrogen) atoms. The van der Waals surface area contributed by atoms with Crippen LogP contribution in [0.4, 0.5) is 0 Å². The van der Waals surface area contributed by atoms with E-state index in [2.05, 4.69) is 32.1 Å². The Morgan fingerprint density at radius 2 is 1.97 bits per heavy atom. The van der Waals surface area contributed by atoms with Crippen LogP contribution < -0.4 is 9.47 Å². The van der Waals surface area contributed by atoms with Crippen LogP contribution in [0.15, 0.2) is 24.3 Å². The molecule has 160 valence electrons. The van der Waals surface area contributed by atoms with Crippen LogP contribution in [0, 0.1) is 6.92 Å². The van der Waals surface area contributed by atoms with E-state index in [4.69, 9.17) is 9.47 Å². The summed E-state index contributed by atoms with van der Waals surface area (Å²) in [6.45, 7) is 8.95. The molecular weight excluding hydrogens is 382 g/mol. The maximum absolute atomic E-state index is 12.8. The molecule has 8 nitrogen and oxygen atoms in total. The van der Waals surface area contributed by atoms with E-state index >= 15 is 0 Å². The number of benzene rings is 1. The molecular formula is C22H29N5O3. The summed E-state index contributed by atoms with van der Waals surface area (Å²) in [4.78, 5) is 19.8. The van der Waals surface area contributed by atoms with Crippen LogP contribution in [0.5, 0.6) is 11.5 Å². The number of amides is 1. The number of piperazine rings is 1. The average molecular weight is 412 g/mol. The van der Waals surface area contributed by atoms with Crippen LogP contribution >= 0.6 is 0 Å². The topological polar surface area (TPSA) is 73.9 Å². The first-order chi connectivity index (χ1) is 14.7. The molecule has 5 rings (SSSR count). The summed E-state index contributed by atoms with van der Waals surface area (Å²) >= 11 is 0. The highest BCUT2D eigenvalue weighted by Gasteiger charge is 2.31. The summed E-state index contributed by atoms with van der Waals surface area (Å²) in [7, 11) is 0. The molecule has 0 radical (unpaired) electrons. The van der Waals surface area contributed by atoms with Crippen LogP contribution in [0.1, 0.15) is 34.6 Å². The van der Waals surface area contributed by atoms with E-state index in [-0.39, 0.29) is 5.91 Å². The number of nitrogens with zero attached hydrogens (tertiary/aromatic N) is 4. The van der Waals surface area contributed by atoms with Gasteiger partial charge in [-0.25, -0.2) is 0 Å². The van der Waals surface area contributed by atoms with Gasteiger partial charge < -0.3 is 14.4 Å². The van der Waals surface area contributed by atoms with E-state index in [1.807, 2.05) is 24.0 Å². The van der Waals surface area contributed by atoms with Crippen LogP contribution in [-0.2, 0) is 6.54 Å². The number of carbonyl (C=O) groups excluding carboxylic acids is 1. The second-order valence-electron chi connectivity index (χ2n) is 8.48. The van der Waals surface area contributed by atoms with Crippen molar-refractivity contribution in [3.05, 3.63) is 41.2 Å². The molecule has 0 spiro atoms. The highest BCUT2D eigenvalue weighted by atomic mass is 16.7. The first kappa shape index (κ1) is 19.4. The molecule has 1 aromatic carbocycles. The maximum Gasteiger partial charge on any atom is 0.274 e. The lowest BCUT2D eigenvalue weighted by molar-refractivity contribution is 0.0404. The summed E-state index contributed by atoms with van der Waals surface area (Å²) in [5.41, 5.74) is 2.71. The number of rotatable bonds is 4. The minimum atomic E-state index is 0.0468. The molecule has 2 saturated heterocycles. The Morgan fingerprint density at radius 1 is 1.13 bits per heavy atom. The number of H-pyrrole nitrogens is 1. The average Bonchev–Trinajstić information content (AvgIpc) is 3.42. The summed E-state index contributed by atoms with van der Waals surface area (Å²) in [5, 5.41) is 7.02. The fraction of sp³-hybridized carbons (Fsp3) is 0.545. The number of aromatic amines is 1. The number of likely N-dealkylation sites (tertiary alicyclic amines) is 1. The van der Waals surface area contributed by atoms with E-state index < -0.39 is 0 Å². The first-order valence-corrected chi connectivity index (χ1v) is 10.8. The van der Waals surface area contributed by atoms with Gasteiger partial charge in [0.15, 0.2) is 11.5 Å². The standard InChI is InChI=1S/C22H29N5O3/c1-16-11-19(24-23-16)22(28)27-6-2-3-18(14-27)26-9-7-25(8-10-26)13-17-4-5-20-21(12-17)30-15-29-20/h4-5,11-12,18H,2-3,6-10,13-15H2,1H3,(H,23,24)/t18-/m0/s1. The molecule has 4 heterocycles. The van der Waals surface area contributed by atoms with Gasteiger partial charge >= 0.3 is 0 Å². The number of hydrogen-bond acceptors (Lipinski definition) is 6. The third kappa shape index (κ3) is 4.02. The molecule has 1 aromatic heterocycles. The van der Waals surface area contributed by atoms with Gasteiger partial charge in [0.2, 0.25) is 6.79 Å². The van der Waals surface area contributed by atoms with Crippen molar-refractivity contribution in [3.8, 4) is 11.5 Å². The second-order valence-corrected chi connectivity index (χ2v) is 8.48. The Kier molecular flexibility index (Phi) is 5.35. The molecule has 0 aliphatic carbocycles. The van der Waals surface area contributed by atoms with Gasteiger partial charge in [-0.1, -0.05) is 6.07 Å². The molecule has 1 amide bonds. The fourth-order valence-electron chi connectivity index (χ4n) is 4.71. The van der Waals surface area contributed by atoms with E-state index in [0.29, 0.717) is 18.5 Å². The number of aryl methyl sites for hydroxylation is 1. The first-order valence-electron chi connectivity index (χ1n) is 10.8. The van der Waals surface area contributed by atoms with Crippen molar-refractivity contribution in [1.82, 2.24) is 24.9 Å². The smallest absolute Gasteiger partial charge is 0.274 e. The number of ether oxygens (including phenoxy) is 2. The van der Waals surface area contributed by atoms with Crippen molar-refractivity contribution >= 4 is 5.91 Å². The van der Waals surface area contributed by atoms with E-state index in [1.54, 1.807) is 0 Å². The van der Waals surface area contributed by atoms with Gasteiger partial charge in [0, 0.05) is 57.5 Å². The number of aromatic nitrogens is 2. The SMILES string of the molecule is Cc1cc(C(=O)N2CCC[C@H](N3CCN(Cc4ccc5c(c4)OCO5)CC3)C2)n[nH]1. The molecule has 3 aliphatic rings. The van der Waals surface area contributed by atoms with E-state index in [0.717, 1.165) is 75.8 Å². The quantitative estimate of drug-likeness (QED) is 0.828.